The van der Waals surface area contributed by atoms with Gasteiger partial charge in [-0.1, -0.05) is 48.0 Å². The normalized spacial score (nSPS) is 27.1. The van der Waals surface area contributed by atoms with Crippen molar-refractivity contribution in [3.05, 3.63) is 70.8 Å². The van der Waals surface area contributed by atoms with E-state index < -0.39 is 17.5 Å². The molecule has 1 aliphatic heterocycles. The van der Waals surface area contributed by atoms with Crippen LogP contribution in [0.4, 0.5) is 0 Å². The molecule has 7 heteroatoms. The molecular weight excluding hydrogens is 444 g/mol. The first-order valence-corrected chi connectivity index (χ1v) is 12.2. The summed E-state index contributed by atoms with van der Waals surface area (Å²) in [5, 5.41) is 12.4. The summed E-state index contributed by atoms with van der Waals surface area (Å²) in [5.41, 5.74) is 2.35. The lowest BCUT2D eigenvalue weighted by atomic mass is 9.78. The number of aryl methyl sites for hydroxylation is 1. The van der Waals surface area contributed by atoms with E-state index in [1.807, 2.05) is 64.1 Å². The summed E-state index contributed by atoms with van der Waals surface area (Å²) in [4.78, 5) is 13.4. The Hall–Kier alpha value is -2.76. The maximum Gasteiger partial charge on any atom is 0.252 e. The van der Waals surface area contributed by atoms with Gasteiger partial charge in [-0.25, -0.2) is 0 Å². The van der Waals surface area contributed by atoms with E-state index in [1.54, 1.807) is 6.07 Å². The monoisotopic (exact) mass is 478 g/mol. The highest BCUT2D eigenvalue weighted by Gasteiger charge is 2.58. The van der Waals surface area contributed by atoms with Crippen LogP contribution in [0.25, 0.3) is 0 Å². The van der Waals surface area contributed by atoms with E-state index in [-0.39, 0.29) is 24.7 Å². The summed E-state index contributed by atoms with van der Waals surface area (Å²) < 4.78 is 25.2. The fraction of sp³-hybridized carbons (Fsp3) is 0.500. The van der Waals surface area contributed by atoms with Crippen molar-refractivity contribution in [2.75, 3.05) is 6.54 Å². The van der Waals surface area contributed by atoms with E-state index in [2.05, 4.69) is 17.5 Å². The number of nitrogens with zero attached hydrogens (tertiary/aromatic N) is 1. The summed E-state index contributed by atoms with van der Waals surface area (Å²) in [6.07, 6.45) is -0.477. The number of nitrogens with one attached hydrogen (secondary N) is 1. The number of hydrogen-bond donors (Lipinski definition) is 1. The molecule has 1 N–H and O–H groups in total. The number of fused-ring (bicyclic) bond motifs is 1. The summed E-state index contributed by atoms with van der Waals surface area (Å²) >= 11 is 0. The third-order valence-electron chi connectivity index (χ3n) is 6.59. The van der Waals surface area contributed by atoms with Crippen LogP contribution in [0.1, 0.15) is 55.9 Å². The van der Waals surface area contributed by atoms with Crippen LogP contribution in [0.15, 0.2) is 48.5 Å². The number of ether oxygens (including phenoxy) is 4. The van der Waals surface area contributed by atoms with Crippen LogP contribution in [0.3, 0.4) is 0 Å². The van der Waals surface area contributed by atoms with Gasteiger partial charge in [0.2, 0.25) is 0 Å². The third kappa shape index (κ3) is 5.74. The first-order chi connectivity index (χ1) is 16.7. The quantitative estimate of drug-likeness (QED) is 0.613. The molecule has 0 spiro atoms. The lowest BCUT2D eigenvalue weighted by Crippen LogP contribution is -2.60. The molecule has 4 rings (SSSR count). The number of hydrogen-bond acceptors (Lipinski definition) is 6. The second kappa shape index (κ2) is 10.5. The van der Waals surface area contributed by atoms with Crippen LogP contribution in [-0.4, -0.2) is 42.2 Å². The van der Waals surface area contributed by atoms with Crippen LogP contribution < -0.4 is 5.32 Å². The van der Waals surface area contributed by atoms with Crippen molar-refractivity contribution in [3.63, 3.8) is 0 Å². The molecule has 0 aromatic heterocycles. The lowest BCUT2D eigenvalue weighted by Gasteiger charge is -2.43. The Bertz CT molecular complexity index is 1090. The van der Waals surface area contributed by atoms with E-state index in [9.17, 15) is 10.1 Å². The van der Waals surface area contributed by atoms with Crippen LogP contribution in [-0.2, 0) is 37.0 Å². The Kier molecular flexibility index (Phi) is 7.58. The zero-order chi connectivity index (χ0) is 25.1. The Balaban J connectivity index is 1.61. The first-order valence-electron chi connectivity index (χ1n) is 12.2. The molecule has 2 fully saturated rings. The molecular formula is C28H34N2O5. The lowest BCUT2D eigenvalue weighted by molar-refractivity contribution is -0.183. The van der Waals surface area contributed by atoms with Gasteiger partial charge < -0.3 is 24.3 Å². The summed E-state index contributed by atoms with van der Waals surface area (Å²) in [7, 11) is 0. The fourth-order valence-corrected chi connectivity index (χ4v) is 5.01. The van der Waals surface area contributed by atoms with Crippen LogP contribution in [0.5, 0.6) is 0 Å². The zero-order valence-corrected chi connectivity index (χ0v) is 20.9. The predicted molar refractivity (Wildman–Crippen MR) is 130 cm³/mol. The average molecular weight is 479 g/mol. The molecule has 1 saturated carbocycles. The fourth-order valence-electron chi connectivity index (χ4n) is 5.01. The number of rotatable bonds is 8. The molecule has 7 nitrogen and oxygen atoms in total. The second-order valence-electron chi connectivity index (χ2n) is 9.80. The van der Waals surface area contributed by atoms with E-state index in [4.69, 9.17) is 18.9 Å². The molecule has 4 atom stereocenters. The number of carbonyl (C=O) groups excluding carboxylic acids is 1. The molecule has 35 heavy (non-hydrogen) atoms. The molecule has 2 aromatic carbocycles. The van der Waals surface area contributed by atoms with Gasteiger partial charge in [-0.2, -0.15) is 5.26 Å². The molecule has 1 aliphatic carbocycles. The molecule has 1 heterocycles. The molecule has 0 bridgehead atoms. The minimum Gasteiger partial charge on any atom is -0.371 e. The minimum atomic E-state index is -1.13. The highest BCUT2D eigenvalue weighted by atomic mass is 16.8. The maximum absolute atomic E-state index is 13.4. The molecule has 1 amide bonds. The van der Waals surface area contributed by atoms with Gasteiger partial charge in [0.25, 0.3) is 5.91 Å². The Labute approximate surface area is 207 Å². The van der Waals surface area contributed by atoms with Crippen LogP contribution in [0, 0.1) is 18.3 Å². The Morgan fingerprint density at radius 1 is 1.14 bits per heavy atom. The van der Waals surface area contributed by atoms with Crippen molar-refractivity contribution in [1.29, 1.82) is 5.26 Å². The van der Waals surface area contributed by atoms with Crippen molar-refractivity contribution in [3.8, 4) is 6.07 Å². The molecule has 0 radical (unpaired) electrons. The van der Waals surface area contributed by atoms with Gasteiger partial charge in [-0.15, -0.1) is 0 Å². The SMILES string of the molecule is CCNC(=O)[C@@]1(OCc2cccc(C)c2)C[C@@H](OCc2ccccc2C#N)[C@@H]2OC(C)(C)O[C@@H]2C1. The topological polar surface area (TPSA) is 89.8 Å². The van der Waals surface area contributed by atoms with Gasteiger partial charge in [0.1, 0.15) is 6.10 Å². The highest BCUT2D eigenvalue weighted by Crippen LogP contribution is 2.44. The highest BCUT2D eigenvalue weighted by molar-refractivity contribution is 5.85. The van der Waals surface area contributed by atoms with Crippen LogP contribution in [0.2, 0.25) is 0 Å². The van der Waals surface area contributed by atoms with Crippen molar-refractivity contribution >= 4 is 5.91 Å². The van der Waals surface area contributed by atoms with Gasteiger partial charge in [-0.05, 0) is 44.9 Å². The van der Waals surface area contributed by atoms with E-state index in [1.165, 1.54) is 0 Å². The average Bonchev–Trinajstić information content (AvgIpc) is 3.15. The summed E-state index contributed by atoms with van der Waals surface area (Å²) in [6.45, 7) is 8.68. The van der Waals surface area contributed by atoms with Crippen molar-refractivity contribution in [2.45, 2.75) is 83.5 Å². The molecule has 186 valence electrons. The van der Waals surface area contributed by atoms with Gasteiger partial charge in [0.05, 0.1) is 37.1 Å². The van der Waals surface area contributed by atoms with E-state index in [0.29, 0.717) is 31.6 Å². The molecule has 2 aromatic rings. The Morgan fingerprint density at radius 3 is 2.69 bits per heavy atom. The van der Waals surface area contributed by atoms with E-state index in [0.717, 1.165) is 16.7 Å². The number of nitriles is 1. The number of benzene rings is 2. The third-order valence-corrected chi connectivity index (χ3v) is 6.59. The second-order valence-corrected chi connectivity index (χ2v) is 9.80. The molecule has 2 aliphatic rings. The van der Waals surface area contributed by atoms with Gasteiger partial charge in [-0.3, -0.25) is 4.79 Å². The number of carbonyl (C=O) groups is 1. The standard InChI is InChI=1S/C28H34N2O5/c1-5-30-26(31)28(33-17-20-10-8-9-19(2)13-20)14-23(25-24(15-28)34-27(3,4)35-25)32-18-22-12-7-6-11-21(22)16-29/h6-13,23-25H,5,14-15,17-18H2,1-4H3,(H,30,31)/t23-,24-,25+,28-/m1/s1. The van der Waals surface area contributed by atoms with Crippen molar-refractivity contribution < 1.29 is 23.7 Å². The zero-order valence-electron chi connectivity index (χ0n) is 20.9. The largest absolute Gasteiger partial charge is 0.371 e. The van der Waals surface area contributed by atoms with Crippen molar-refractivity contribution in [2.24, 2.45) is 0 Å². The number of amides is 1. The first kappa shape index (κ1) is 25.3. The predicted octanol–water partition coefficient (Wildman–Crippen LogP) is 4.16. The molecule has 0 unspecified atom stereocenters. The van der Waals surface area contributed by atoms with Crippen LogP contribution >= 0.6 is 0 Å². The maximum atomic E-state index is 13.4. The van der Waals surface area contributed by atoms with E-state index >= 15 is 0 Å². The number of likely N-dealkylation sites (N-methyl/N-ethyl adjacent to an activating group) is 1. The smallest absolute Gasteiger partial charge is 0.252 e. The van der Waals surface area contributed by atoms with Crippen molar-refractivity contribution in [1.82, 2.24) is 5.32 Å². The summed E-state index contributed by atoms with van der Waals surface area (Å²) in [6, 6.07) is 17.6. The van der Waals surface area contributed by atoms with Gasteiger partial charge in [0.15, 0.2) is 11.4 Å². The Morgan fingerprint density at radius 2 is 1.94 bits per heavy atom. The molecule has 1 saturated heterocycles. The van der Waals surface area contributed by atoms with Gasteiger partial charge in [0, 0.05) is 19.4 Å². The minimum absolute atomic E-state index is 0.176. The van der Waals surface area contributed by atoms with Gasteiger partial charge >= 0.3 is 0 Å². The summed E-state index contributed by atoms with van der Waals surface area (Å²) in [5.74, 6) is -0.972.